The Morgan fingerprint density at radius 2 is 1.91 bits per heavy atom. The summed E-state index contributed by atoms with van der Waals surface area (Å²) >= 11 is 0. The van der Waals surface area contributed by atoms with Crippen molar-refractivity contribution in [3.63, 3.8) is 0 Å². The molecule has 0 aliphatic carbocycles. The van der Waals surface area contributed by atoms with Gasteiger partial charge >= 0.3 is 6.18 Å². The first kappa shape index (κ1) is 19.9. The molecule has 5 rings (SSSR count). The molecule has 0 unspecified atom stereocenters. The van der Waals surface area contributed by atoms with Gasteiger partial charge in [0.25, 0.3) is 0 Å². The van der Waals surface area contributed by atoms with Crippen molar-refractivity contribution in [1.82, 2.24) is 9.55 Å². The van der Waals surface area contributed by atoms with Gasteiger partial charge in [0.1, 0.15) is 22.7 Å². The van der Waals surface area contributed by atoms with E-state index in [0.717, 1.165) is 12.1 Å². The van der Waals surface area contributed by atoms with Gasteiger partial charge in [-0.05, 0) is 47.5 Å². The van der Waals surface area contributed by atoms with Crippen molar-refractivity contribution < 1.29 is 27.8 Å². The predicted molar refractivity (Wildman–Crippen MR) is 112 cm³/mol. The highest BCUT2D eigenvalue weighted by Gasteiger charge is 2.32. The number of phenols is 1. The van der Waals surface area contributed by atoms with Crippen LogP contribution in [0.1, 0.15) is 21.5 Å². The van der Waals surface area contributed by atoms with Gasteiger partial charge in [-0.25, -0.2) is 4.98 Å². The number of carbonyl (C=O) groups is 1. The van der Waals surface area contributed by atoms with E-state index in [9.17, 15) is 23.1 Å². The Balaban J connectivity index is 1.68. The number of halogens is 3. The summed E-state index contributed by atoms with van der Waals surface area (Å²) in [6.07, 6.45) is 0.297. The van der Waals surface area contributed by atoms with E-state index in [1.165, 1.54) is 24.4 Å². The van der Waals surface area contributed by atoms with E-state index >= 15 is 0 Å². The van der Waals surface area contributed by atoms with E-state index in [2.05, 4.69) is 4.98 Å². The molecule has 160 valence electrons. The van der Waals surface area contributed by atoms with E-state index in [0.29, 0.717) is 27.7 Å². The van der Waals surface area contributed by atoms with Crippen molar-refractivity contribution in [1.29, 1.82) is 0 Å². The van der Waals surface area contributed by atoms with Crippen molar-refractivity contribution in [2.45, 2.75) is 6.18 Å². The summed E-state index contributed by atoms with van der Waals surface area (Å²) in [4.78, 5) is 17.1. The number of hydrogen-bond donors (Lipinski definition) is 1. The molecule has 0 amide bonds. The number of aromatic nitrogens is 2. The average Bonchev–Trinajstić information content (AvgIpc) is 3.25. The lowest BCUT2D eigenvalue weighted by Crippen LogP contribution is -2.04. The molecule has 0 saturated carbocycles. The number of fused-ring (bicyclic) bond motifs is 2. The van der Waals surface area contributed by atoms with Crippen molar-refractivity contribution >= 4 is 22.9 Å². The number of hydrogen-bond acceptors (Lipinski definition) is 4. The molecular weight excluding hydrogens is 421 g/mol. The third-order valence-corrected chi connectivity index (χ3v) is 5.35. The molecule has 1 aliphatic heterocycles. The second-order valence-electron chi connectivity index (χ2n) is 7.42. The topological polar surface area (TPSA) is 64.3 Å². The van der Waals surface area contributed by atoms with Crippen LogP contribution in [0.25, 0.3) is 28.2 Å². The Labute approximate surface area is 180 Å². The van der Waals surface area contributed by atoms with Crippen molar-refractivity contribution in [3.05, 3.63) is 83.4 Å². The number of Topliss-reactive ketones (excluding diaryl/α,β-unsaturated/α-hetero) is 1. The number of rotatable bonds is 2. The highest BCUT2D eigenvalue weighted by atomic mass is 19.4. The third-order valence-electron chi connectivity index (χ3n) is 5.35. The number of carbonyl (C=O) groups excluding carboxylic acids is 1. The van der Waals surface area contributed by atoms with E-state index in [1.54, 1.807) is 42.1 Å². The number of nitrogens with zero attached hydrogens (tertiary/aromatic N) is 2. The lowest BCUT2D eigenvalue weighted by atomic mass is 9.99. The van der Waals surface area contributed by atoms with Gasteiger partial charge in [0.15, 0.2) is 5.76 Å². The van der Waals surface area contributed by atoms with Crippen LogP contribution in [-0.4, -0.2) is 20.4 Å². The molecule has 0 radical (unpaired) electrons. The first-order valence-corrected chi connectivity index (χ1v) is 9.62. The summed E-state index contributed by atoms with van der Waals surface area (Å²) in [5, 5.41) is 10.6. The molecule has 1 N–H and O–H groups in total. The molecular formula is C24H15F3N2O3. The first-order chi connectivity index (χ1) is 15.2. The quantitative estimate of drug-likeness (QED) is 0.417. The number of pyridine rings is 1. The van der Waals surface area contributed by atoms with Gasteiger partial charge in [-0.1, -0.05) is 18.2 Å². The predicted octanol–water partition coefficient (Wildman–Crippen LogP) is 5.58. The van der Waals surface area contributed by atoms with Crippen LogP contribution in [0.5, 0.6) is 11.5 Å². The number of ketones is 1. The zero-order valence-electron chi connectivity index (χ0n) is 16.6. The van der Waals surface area contributed by atoms with Crippen LogP contribution >= 0.6 is 0 Å². The van der Waals surface area contributed by atoms with E-state index in [-0.39, 0.29) is 22.8 Å². The van der Waals surface area contributed by atoms with Gasteiger partial charge < -0.3 is 14.4 Å². The van der Waals surface area contributed by atoms with E-state index in [1.807, 2.05) is 0 Å². The average molecular weight is 436 g/mol. The molecule has 0 fully saturated rings. The largest absolute Gasteiger partial charge is 0.507 e. The minimum atomic E-state index is -4.47. The SMILES string of the molecule is Cn1cc(/C=C2\Oc3cccc(O)c3C2=O)c2c(-c3cccc(C(F)(F)F)c3)ccnc21. The minimum absolute atomic E-state index is 0.00726. The van der Waals surface area contributed by atoms with Crippen LogP contribution in [0.4, 0.5) is 13.2 Å². The Kier molecular flexibility index (Phi) is 4.33. The second-order valence-corrected chi connectivity index (χ2v) is 7.42. The Morgan fingerprint density at radius 3 is 2.66 bits per heavy atom. The Morgan fingerprint density at radius 1 is 1.12 bits per heavy atom. The summed E-state index contributed by atoms with van der Waals surface area (Å²) < 4.78 is 47.1. The monoisotopic (exact) mass is 436 g/mol. The minimum Gasteiger partial charge on any atom is -0.507 e. The maximum absolute atomic E-state index is 13.3. The standard InChI is InChI=1S/C24H15F3N2O3/c1-29-12-14(11-19-22(31)21-17(30)6-3-7-18(21)32-19)20-16(8-9-28-23(20)29)13-4-2-5-15(10-13)24(25,26)27/h2-12,30H,1H3/b19-11-. The lowest BCUT2D eigenvalue weighted by molar-refractivity contribution is -0.137. The molecule has 0 atom stereocenters. The molecule has 2 aromatic heterocycles. The van der Waals surface area contributed by atoms with Gasteiger partial charge in [-0.2, -0.15) is 13.2 Å². The number of aryl methyl sites for hydroxylation is 1. The molecule has 2 aromatic carbocycles. The fourth-order valence-corrected chi connectivity index (χ4v) is 3.91. The summed E-state index contributed by atoms with van der Waals surface area (Å²) in [6, 6.07) is 11.2. The van der Waals surface area contributed by atoms with E-state index in [4.69, 9.17) is 4.74 Å². The summed E-state index contributed by atoms with van der Waals surface area (Å²) in [5.41, 5.74) is 1.33. The van der Waals surface area contributed by atoms with Crippen LogP contribution < -0.4 is 4.74 Å². The number of phenolic OH excluding ortho intramolecular Hbond substituents is 1. The summed E-state index contributed by atoms with van der Waals surface area (Å²) in [6.45, 7) is 0. The number of aromatic hydroxyl groups is 1. The molecule has 32 heavy (non-hydrogen) atoms. The summed E-state index contributed by atoms with van der Waals surface area (Å²) in [7, 11) is 1.76. The zero-order valence-corrected chi connectivity index (χ0v) is 16.6. The van der Waals surface area contributed by atoms with Gasteiger partial charge in [-0.3, -0.25) is 4.79 Å². The molecule has 1 aliphatic rings. The second kappa shape index (κ2) is 6.98. The van der Waals surface area contributed by atoms with E-state index < -0.39 is 17.5 Å². The fourth-order valence-electron chi connectivity index (χ4n) is 3.91. The van der Waals surface area contributed by atoms with Crippen molar-refractivity contribution in [2.24, 2.45) is 7.05 Å². The Bertz CT molecular complexity index is 1430. The highest BCUT2D eigenvalue weighted by Crippen LogP contribution is 2.39. The normalized spacial score (nSPS) is 14.8. The van der Waals surface area contributed by atoms with Gasteiger partial charge in [0, 0.05) is 30.4 Å². The van der Waals surface area contributed by atoms with Crippen LogP contribution in [0.3, 0.4) is 0 Å². The van der Waals surface area contributed by atoms with Crippen molar-refractivity contribution in [2.75, 3.05) is 0 Å². The molecule has 0 spiro atoms. The molecule has 4 aromatic rings. The van der Waals surface area contributed by atoms with Crippen molar-refractivity contribution in [3.8, 4) is 22.6 Å². The number of allylic oxidation sites excluding steroid dienone is 1. The number of benzene rings is 2. The third kappa shape index (κ3) is 3.11. The zero-order chi connectivity index (χ0) is 22.6. The molecule has 3 heterocycles. The molecule has 8 heteroatoms. The lowest BCUT2D eigenvalue weighted by Gasteiger charge is -2.10. The highest BCUT2D eigenvalue weighted by molar-refractivity contribution is 6.17. The number of ether oxygens (including phenoxy) is 1. The fraction of sp³-hybridized carbons (Fsp3) is 0.0833. The maximum atomic E-state index is 13.3. The van der Waals surface area contributed by atoms with Crippen LogP contribution in [-0.2, 0) is 13.2 Å². The maximum Gasteiger partial charge on any atom is 0.416 e. The van der Waals surface area contributed by atoms with Gasteiger partial charge in [0.2, 0.25) is 5.78 Å². The molecule has 0 saturated heterocycles. The van der Waals surface area contributed by atoms with Crippen LogP contribution in [0.15, 0.2) is 66.7 Å². The summed E-state index contributed by atoms with van der Waals surface area (Å²) in [5.74, 6) is -0.398. The smallest absolute Gasteiger partial charge is 0.416 e. The van der Waals surface area contributed by atoms with Gasteiger partial charge in [-0.15, -0.1) is 0 Å². The Hall–Kier alpha value is -4.07. The van der Waals surface area contributed by atoms with Crippen LogP contribution in [0, 0.1) is 0 Å². The van der Waals surface area contributed by atoms with Gasteiger partial charge in [0.05, 0.1) is 5.56 Å². The molecule has 5 nitrogen and oxygen atoms in total. The van der Waals surface area contributed by atoms with Crippen LogP contribution in [0.2, 0.25) is 0 Å². The number of alkyl halides is 3. The molecule has 0 bridgehead atoms. The first-order valence-electron chi connectivity index (χ1n) is 9.62.